The summed E-state index contributed by atoms with van der Waals surface area (Å²) in [7, 11) is 0. The largest absolute Gasteiger partial charge is 0.309 e. The Bertz CT molecular complexity index is 3340. The van der Waals surface area contributed by atoms with Crippen LogP contribution in [0, 0.1) is 11.3 Å². The summed E-state index contributed by atoms with van der Waals surface area (Å²) in [6.07, 6.45) is 0. The van der Waals surface area contributed by atoms with E-state index in [0.717, 1.165) is 72.3 Å². The second-order valence-electron chi connectivity index (χ2n) is 14.3. The molecule has 0 aliphatic rings. The summed E-state index contributed by atoms with van der Waals surface area (Å²) in [6.45, 7) is 0. The van der Waals surface area contributed by atoms with E-state index < -0.39 is 0 Å². The standard InChI is InChI=1S/C52H31N5/c53-32-38-31-44-52(56-51(35-16-5-2-6-17-35)50(55-44)34-14-3-1-4-15-34)48-47(38)42-22-7-10-23-43(42)54-49(48)37-19-13-18-36(30-37)33-26-28-39(29-27-33)57-45-24-11-8-20-40(45)41-21-9-12-25-46(41)57/h1-31H. The van der Waals surface area contributed by atoms with Gasteiger partial charge in [-0.2, -0.15) is 5.26 Å². The molecule has 0 fully saturated rings. The van der Waals surface area contributed by atoms with Gasteiger partial charge < -0.3 is 4.57 Å². The van der Waals surface area contributed by atoms with Crippen LogP contribution in [0.15, 0.2) is 188 Å². The normalized spacial score (nSPS) is 11.5. The van der Waals surface area contributed by atoms with Crippen LogP contribution in [0.4, 0.5) is 0 Å². The average molecular weight is 726 g/mol. The van der Waals surface area contributed by atoms with Crippen molar-refractivity contribution >= 4 is 54.5 Å². The molecule has 0 atom stereocenters. The van der Waals surface area contributed by atoms with Gasteiger partial charge in [0.2, 0.25) is 0 Å². The van der Waals surface area contributed by atoms with Gasteiger partial charge in [-0.3, -0.25) is 0 Å². The maximum Gasteiger partial charge on any atom is 0.0999 e. The highest BCUT2D eigenvalue weighted by atomic mass is 15.0. The molecule has 0 amide bonds. The second kappa shape index (κ2) is 13.1. The van der Waals surface area contributed by atoms with Crippen molar-refractivity contribution in [2.24, 2.45) is 0 Å². The first kappa shape index (κ1) is 32.5. The molecule has 5 heteroatoms. The van der Waals surface area contributed by atoms with Crippen molar-refractivity contribution < 1.29 is 0 Å². The van der Waals surface area contributed by atoms with Crippen LogP contribution in [-0.4, -0.2) is 19.5 Å². The fourth-order valence-electron chi connectivity index (χ4n) is 8.41. The van der Waals surface area contributed by atoms with Crippen LogP contribution >= 0.6 is 0 Å². The van der Waals surface area contributed by atoms with E-state index in [9.17, 15) is 5.26 Å². The van der Waals surface area contributed by atoms with Gasteiger partial charge in [-0.25, -0.2) is 15.0 Å². The maximum absolute atomic E-state index is 10.7. The number of aromatic nitrogens is 4. The van der Waals surface area contributed by atoms with Crippen LogP contribution < -0.4 is 0 Å². The maximum atomic E-state index is 10.7. The summed E-state index contributed by atoms with van der Waals surface area (Å²) in [4.78, 5) is 16.1. The molecule has 0 unspecified atom stereocenters. The molecule has 0 radical (unpaired) electrons. The molecule has 3 heterocycles. The SMILES string of the molecule is N#Cc1cc2nc(-c3ccccc3)c(-c3ccccc3)nc2c2c(-c3cccc(-c4ccc(-n5c6ccccc6c6ccccc65)cc4)c3)nc3ccccc3c12. The van der Waals surface area contributed by atoms with Crippen molar-refractivity contribution in [3.05, 3.63) is 194 Å². The third-order valence-electron chi connectivity index (χ3n) is 11.0. The Labute approximate surface area is 328 Å². The fourth-order valence-corrected chi connectivity index (χ4v) is 8.41. The summed E-state index contributed by atoms with van der Waals surface area (Å²) in [5, 5.41) is 15.7. The molecule has 0 bridgehead atoms. The molecule has 3 aromatic heterocycles. The molecule has 57 heavy (non-hydrogen) atoms. The van der Waals surface area contributed by atoms with Crippen molar-refractivity contribution in [2.45, 2.75) is 0 Å². The first-order chi connectivity index (χ1) is 28.2. The number of nitriles is 1. The van der Waals surface area contributed by atoms with E-state index in [2.05, 4.69) is 132 Å². The van der Waals surface area contributed by atoms with Gasteiger partial charge in [-0.15, -0.1) is 0 Å². The van der Waals surface area contributed by atoms with Crippen LogP contribution in [0.5, 0.6) is 0 Å². The van der Waals surface area contributed by atoms with Crippen molar-refractivity contribution in [1.29, 1.82) is 5.26 Å². The lowest BCUT2D eigenvalue weighted by Crippen LogP contribution is -2.00. The predicted octanol–water partition coefficient (Wildman–Crippen LogP) is 13.0. The lowest BCUT2D eigenvalue weighted by atomic mass is 9.93. The zero-order valence-corrected chi connectivity index (χ0v) is 30.6. The first-order valence-corrected chi connectivity index (χ1v) is 19.0. The Balaban J connectivity index is 1.13. The van der Waals surface area contributed by atoms with Crippen LogP contribution in [0.25, 0.3) is 105 Å². The number of nitrogens with zero attached hydrogens (tertiary/aromatic N) is 5. The predicted molar refractivity (Wildman–Crippen MR) is 233 cm³/mol. The third-order valence-corrected chi connectivity index (χ3v) is 11.0. The Morgan fingerprint density at radius 2 is 0.930 bits per heavy atom. The van der Waals surface area contributed by atoms with E-state index in [1.165, 1.54) is 21.8 Å². The van der Waals surface area contributed by atoms with Crippen LogP contribution in [-0.2, 0) is 0 Å². The minimum atomic E-state index is 0.537. The molecule has 11 rings (SSSR count). The van der Waals surface area contributed by atoms with Gasteiger partial charge in [0.15, 0.2) is 0 Å². The Morgan fingerprint density at radius 3 is 1.60 bits per heavy atom. The van der Waals surface area contributed by atoms with Crippen molar-refractivity contribution in [2.75, 3.05) is 0 Å². The van der Waals surface area contributed by atoms with E-state index >= 15 is 0 Å². The molecule has 0 N–H and O–H groups in total. The lowest BCUT2D eigenvalue weighted by molar-refractivity contribution is 1.18. The Kier molecular flexibility index (Phi) is 7.48. The average Bonchev–Trinajstić information content (AvgIpc) is 3.63. The Morgan fingerprint density at radius 1 is 0.386 bits per heavy atom. The van der Waals surface area contributed by atoms with Gasteiger partial charge in [0, 0.05) is 49.3 Å². The Hall–Kier alpha value is -7.94. The number of hydrogen-bond donors (Lipinski definition) is 0. The summed E-state index contributed by atoms with van der Waals surface area (Å²) in [6, 6.07) is 67.2. The first-order valence-electron chi connectivity index (χ1n) is 19.0. The molecular weight excluding hydrogens is 695 g/mol. The van der Waals surface area contributed by atoms with Gasteiger partial charge in [0.05, 0.1) is 56.3 Å². The molecular formula is C52H31N5. The molecule has 264 valence electrons. The fraction of sp³-hybridized carbons (Fsp3) is 0. The number of para-hydroxylation sites is 3. The summed E-state index contributed by atoms with van der Waals surface area (Å²) in [5.74, 6) is 0. The van der Waals surface area contributed by atoms with Crippen LogP contribution in [0.2, 0.25) is 0 Å². The molecule has 0 saturated heterocycles. The highest BCUT2D eigenvalue weighted by Gasteiger charge is 2.22. The number of rotatable bonds is 5. The molecule has 0 spiro atoms. The second-order valence-corrected chi connectivity index (χ2v) is 14.3. The van der Waals surface area contributed by atoms with Gasteiger partial charge >= 0.3 is 0 Å². The number of benzene rings is 8. The highest BCUT2D eigenvalue weighted by molar-refractivity contribution is 6.22. The molecule has 0 saturated carbocycles. The van der Waals surface area contributed by atoms with E-state index in [1.54, 1.807) is 0 Å². The molecule has 5 nitrogen and oxygen atoms in total. The van der Waals surface area contributed by atoms with Gasteiger partial charge in [0.1, 0.15) is 0 Å². The van der Waals surface area contributed by atoms with E-state index in [4.69, 9.17) is 15.0 Å². The zero-order valence-electron chi connectivity index (χ0n) is 30.6. The van der Waals surface area contributed by atoms with Crippen molar-refractivity contribution in [3.8, 4) is 56.7 Å². The topological polar surface area (TPSA) is 67.4 Å². The summed E-state index contributed by atoms with van der Waals surface area (Å²) in [5.41, 5.74) is 13.5. The van der Waals surface area contributed by atoms with E-state index in [0.29, 0.717) is 16.6 Å². The molecule has 0 aliphatic carbocycles. The smallest absolute Gasteiger partial charge is 0.0999 e. The van der Waals surface area contributed by atoms with E-state index in [1.807, 2.05) is 66.7 Å². The quantitative estimate of drug-likeness (QED) is 0.166. The van der Waals surface area contributed by atoms with Crippen molar-refractivity contribution in [3.63, 3.8) is 0 Å². The van der Waals surface area contributed by atoms with E-state index in [-0.39, 0.29) is 0 Å². The highest BCUT2D eigenvalue weighted by Crippen LogP contribution is 2.41. The lowest BCUT2D eigenvalue weighted by Gasteiger charge is -2.16. The monoisotopic (exact) mass is 725 g/mol. The zero-order chi connectivity index (χ0) is 37.9. The van der Waals surface area contributed by atoms with Gasteiger partial charge in [-0.05, 0) is 53.6 Å². The van der Waals surface area contributed by atoms with Crippen molar-refractivity contribution in [1.82, 2.24) is 19.5 Å². The van der Waals surface area contributed by atoms with Crippen LogP contribution in [0.3, 0.4) is 0 Å². The molecule has 0 aliphatic heterocycles. The number of fused-ring (bicyclic) bond motifs is 8. The number of pyridine rings is 1. The summed E-state index contributed by atoms with van der Waals surface area (Å²) < 4.78 is 2.34. The van der Waals surface area contributed by atoms with Crippen LogP contribution in [0.1, 0.15) is 5.56 Å². The minimum Gasteiger partial charge on any atom is -0.309 e. The van der Waals surface area contributed by atoms with Gasteiger partial charge in [-0.1, -0.05) is 146 Å². The third kappa shape index (κ3) is 5.27. The number of hydrogen-bond acceptors (Lipinski definition) is 4. The molecule has 11 aromatic rings. The minimum absolute atomic E-state index is 0.537. The van der Waals surface area contributed by atoms with Gasteiger partial charge in [0.25, 0.3) is 0 Å². The molecule has 8 aromatic carbocycles. The summed E-state index contributed by atoms with van der Waals surface area (Å²) >= 11 is 0.